The fourth-order valence-electron chi connectivity index (χ4n) is 9.82. The van der Waals surface area contributed by atoms with Crippen molar-refractivity contribution in [2.75, 3.05) is 77.8 Å². The molecule has 3 atom stereocenters. The molecular weight excluding hydrogens is 839 g/mol. The number of benzene rings is 2. The number of carbonyl (C=O) groups excluding carboxylic acids is 2. The third-order valence-electron chi connectivity index (χ3n) is 13.6. The molecule has 332 valence electrons. The van der Waals surface area contributed by atoms with Gasteiger partial charge in [0.05, 0.1) is 34.6 Å². The van der Waals surface area contributed by atoms with Crippen LogP contribution in [0, 0.1) is 23.6 Å². The number of aromatic nitrogens is 5. The van der Waals surface area contributed by atoms with Crippen molar-refractivity contribution in [3.05, 3.63) is 57.7 Å². The zero-order valence-electron chi connectivity index (χ0n) is 35.3. The van der Waals surface area contributed by atoms with Crippen LogP contribution >= 0.6 is 11.6 Å². The number of aryl methyl sites for hydroxylation is 2. The number of pyridine rings is 1. The van der Waals surface area contributed by atoms with Crippen molar-refractivity contribution in [2.45, 2.75) is 57.4 Å². The highest BCUT2D eigenvalue weighted by atomic mass is 35.5. The van der Waals surface area contributed by atoms with Gasteiger partial charge in [0.2, 0.25) is 23.5 Å². The van der Waals surface area contributed by atoms with Gasteiger partial charge in [-0.1, -0.05) is 18.5 Å². The molecule has 2 amide bonds. The Morgan fingerprint density at radius 1 is 0.952 bits per heavy atom. The summed E-state index contributed by atoms with van der Waals surface area (Å²) in [6, 6.07) is 7.38. The van der Waals surface area contributed by atoms with Crippen molar-refractivity contribution in [2.24, 2.45) is 31.8 Å². The van der Waals surface area contributed by atoms with Crippen LogP contribution in [0.1, 0.15) is 45.4 Å². The number of fused-ring (bicyclic) bond motifs is 4. The highest BCUT2D eigenvalue weighted by Crippen LogP contribution is 2.46. The van der Waals surface area contributed by atoms with Crippen molar-refractivity contribution in [1.29, 1.82) is 0 Å². The van der Waals surface area contributed by atoms with Gasteiger partial charge in [-0.15, -0.1) is 0 Å². The Labute approximate surface area is 366 Å². The van der Waals surface area contributed by atoms with E-state index >= 15 is 13.2 Å². The van der Waals surface area contributed by atoms with Crippen LogP contribution in [0.4, 0.5) is 47.8 Å². The summed E-state index contributed by atoms with van der Waals surface area (Å²) in [6.45, 7) is 6.63. The van der Waals surface area contributed by atoms with Crippen LogP contribution in [0.5, 0.6) is 5.75 Å². The molecule has 4 aliphatic heterocycles. The van der Waals surface area contributed by atoms with Gasteiger partial charge in [-0.05, 0) is 73.8 Å². The molecular formula is C44H49ClF3N11O4. The molecule has 1 aliphatic carbocycles. The summed E-state index contributed by atoms with van der Waals surface area (Å²) in [5.74, 6) is -2.61. The van der Waals surface area contributed by atoms with E-state index in [0.29, 0.717) is 94.2 Å². The molecule has 19 heteroatoms. The summed E-state index contributed by atoms with van der Waals surface area (Å²) in [4.78, 5) is 55.7. The SMILES string of the molecule is C[C@H]1CN(c2ncc(Cl)c(Nc3ccc4c(c3)c3c(c(=O)n4C)OCC(F)(F)[C@H](C4CC4)N3)n2)CC[C@H]1CN1CCN(c2cc3c(cc2F)c(N2C(=O)CCCC2=O)nn3C)CC1. The van der Waals surface area contributed by atoms with Crippen LogP contribution in [0.2, 0.25) is 5.02 Å². The third kappa shape index (κ3) is 7.57. The topological polar surface area (TPSA) is 146 Å². The molecule has 3 aromatic heterocycles. The van der Waals surface area contributed by atoms with E-state index in [1.807, 2.05) is 0 Å². The van der Waals surface area contributed by atoms with E-state index in [-0.39, 0.29) is 47.8 Å². The molecule has 63 heavy (non-hydrogen) atoms. The van der Waals surface area contributed by atoms with E-state index in [2.05, 4.69) is 42.3 Å². The Bertz CT molecular complexity index is 2700. The lowest BCUT2D eigenvalue weighted by atomic mass is 9.86. The average molecular weight is 888 g/mol. The van der Waals surface area contributed by atoms with Crippen molar-refractivity contribution < 1.29 is 27.5 Å². The van der Waals surface area contributed by atoms with E-state index in [4.69, 9.17) is 21.3 Å². The number of ether oxygens (including phenoxy) is 1. The van der Waals surface area contributed by atoms with Gasteiger partial charge in [0.1, 0.15) is 10.8 Å². The minimum Gasteiger partial charge on any atom is -0.480 e. The maximum Gasteiger partial charge on any atom is 0.301 e. The second-order valence-corrected chi connectivity index (χ2v) is 18.2. The third-order valence-corrected chi connectivity index (χ3v) is 13.8. The summed E-state index contributed by atoms with van der Waals surface area (Å²) in [7, 11) is 3.34. The van der Waals surface area contributed by atoms with Gasteiger partial charge in [-0.3, -0.25) is 24.0 Å². The number of piperidine rings is 2. The zero-order chi connectivity index (χ0) is 43.9. The van der Waals surface area contributed by atoms with Crippen molar-refractivity contribution in [1.82, 2.24) is 29.2 Å². The van der Waals surface area contributed by atoms with Crippen LogP contribution < -0.4 is 35.6 Å². The number of rotatable bonds is 8. The molecule has 15 nitrogen and oxygen atoms in total. The maximum absolute atomic E-state index is 15.8. The number of nitrogens with zero attached hydrogens (tertiary/aromatic N) is 9. The Balaban J connectivity index is 0.787. The molecule has 4 fully saturated rings. The lowest BCUT2D eigenvalue weighted by Gasteiger charge is -2.42. The lowest BCUT2D eigenvalue weighted by molar-refractivity contribution is -0.129. The maximum atomic E-state index is 15.8. The van der Waals surface area contributed by atoms with Gasteiger partial charge in [-0.25, -0.2) is 23.1 Å². The Hall–Kier alpha value is -5.62. The Morgan fingerprint density at radius 3 is 2.44 bits per heavy atom. The van der Waals surface area contributed by atoms with E-state index < -0.39 is 29.9 Å². The molecule has 7 heterocycles. The number of piperazine rings is 1. The van der Waals surface area contributed by atoms with Gasteiger partial charge >= 0.3 is 5.92 Å². The first-order valence-electron chi connectivity index (χ1n) is 21.7. The Kier molecular flexibility index (Phi) is 10.4. The van der Waals surface area contributed by atoms with Gasteiger partial charge in [-0.2, -0.15) is 10.1 Å². The second-order valence-electron chi connectivity index (χ2n) is 17.8. The largest absolute Gasteiger partial charge is 0.480 e. The number of amides is 2. The molecule has 2 N–H and O–H groups in total. The highest BCUT2D eigenvalue weighted by molar-refractivity contribution is 6.33. The van der Waals surface area contributed by atoms with E-state index in [1.54, 1.807) is 49.2 Å². The molecule has 5 aromatic rings. The summed E-state index contributed by atoms with van der Waals surface area (Å²) in [6.07, 6.45) is 4.91. The zero-order valence-corrected chi connectivity index (χ0v) is 36.1. The first-order chi connectivity index (χ1) is 30.2. The normalized spacial score (nSPS) is 23.2. The predicted molar refractivity (Wildman–Crippen MR) is 235 cm³/mol. The molecule has 1 saturated carbocycles. The van der Waals surface area contributed by atoms with Crippen molar-refractivity contribution in [3.8, 4) is 5.75 Å². The minimum atomic E-state index is -3.14. The number of alkyl halides is 2. The van der Waals surface area contributed by atoms with E-state index in [0.717, 1.165) is 44.0 Å². The number of hydrogen-bond acceptors (Lipinski definition) is 12. The number of anilines is 6. The van der Waals surface area contributed by atoms with E-state index in [1.165, 1.54) is 10.6 Å². The summed E-state index contributed by atoms with van der Waals surface area (Å²) in [5.41, 5.74) is 2.07. The molecule has 10 rings (SSSR count). The number of carbonyl (C=O) groups is 2. The molecule has 0 bridgehead atoms. The summed E-state index contributed by atoms with van der Waals surface area (Å²) in [5, 5.41) is 12.1. The molecule has 3 saturated heterocycles. The molecule has 0 unspecified atom stereocenters. The van der Waals surface area contributed by atoms with Crippen LogP contribution in [0.3, 0.4) is 0 Å². The first-order valence-corrected chi connectivity index (χ1v) is 22.1. The number of imide groups is 1. The van der Waals surface area contributed by atoms with Crippen LogP contribution in [-0.4, -0.2) is 105 Å². The quantitative estimate of drug-likeness (QED) is 0.169. The minimum absolute atomic E-state index is 0.120. The van der Waals surface area contributed by atoms with Crippen LogP contribution in [-0.2, 0) is 23.7 Å². The Morgan fingerprint density at radius 2 is 1.71 bits per heavy atom. The van der Waals surface area contributed by atoms with Gasteiger partial charge in [0.25, 0.3) is 5.56 Å². The number of halogens is 4. The van der Waals surface area contributed by atoms with Crippen LogP contribution in [0.15, 0.2) is 41.3 Å². The standard InChI is InChI=1S/C44H49ClF3N11O4/c1-24-21-58(12-11-26(24)22-56-13-15-57(16-14-56)34-19-33-29(18-31(34)46)41(53-55(33)3)59-35(60)5-4-6-36(59)61)43-49-20-30(45)40(52-43)50-27-9-10-32-28(17-27)37-38(42(62)54(32)2)63-23-44(47,48)39(51-37)25-7-8-25/h9-10,17-20,24-26,39,51H,4-8,11-16,21-23H2,1-3H3,(H,49,50,52)/t24-,26-,39-/m0/s1. The van der Waals surface area contributed by atoms with Gasteiger partial charge < -0.3 is 29.7 Å². The predicted octanol–water partition coefficient (Wildman–Crippen LogP) is 6.30. The van der Waals surface area contributed by atoms with Gasteiger partial charge in [0.15, 0.2) is 18.2 Å². The summed E-state index contributed by atoms with van der Waals surface area (Å²) < 4.78 is 54.7. The number of hydrogen-bond donors (Lipinski definition) is 2. The molecule has 0 spiro atoms. The monoisotopic (exact) mass is 887 g/mol. The highest BCUT2D eigenvalue weighted by Gasteiger charge is 2.51. The summed E-state index contributed by atoms with van der Waals surface area (Å²) >= 11 is 6.64. The van der Waals surface area contributed by atoms with E-state index in [9.17, 15) is 14.4 Å². The van der Waals surface area contributed by atoms with Gasteiger partial charge in [0, 0.05) is 89.2 Å². The number of nitrogens with one attached hydrogen (secondary N) is 2. The fraction of sp³-hybridized carbons (Fsp3) is 0.500. The molecule has 0 radical (unpaired) electrons. The van der Waals surface area contributed by atoms with Crippen LogP contribution in [0.25, 0.3) is 21.8 Å². The fourth-order valence-corrected chi connectivity index (χ4v) is 9.95. The van der Waals surface area contributed by atoms with Crippen molar-refractivity contribution >= 4 is 79.9 Å². The molecule has 5 aliphatic rings. The lowest BCUT2D eigenvalue weighted by Crippen LogP contribution is -2.50. The first kappa shape index (κ1) is 41.4. The molecule has 2 aromatic carbocycles. The average Bonchev–Trinajstić information content (AvgIpc) is 4.07. The van der Waals surface area contributed by atoms with Crippen molar-refractivity contribution in [3.63, 3.8) is 0 Å². The second kappa shape index (κ2) is 15.9. The smallest absolute Gasteiger partial charge is 0.301 e.